The van der Waals surface area contributed by atoms with Crippen LogP contribution < -0.4 is 5.43 Å². The molecule has 0 fully saturated rings. The molecule has 6 nitrogen and oxygen atoms in total. The van der Waals surface area contributed by atoms with Crippen LogP contribution in [0.4, 0.5) is 0 Å². The Bertz CT molecular complexity index is 880. The number of hydrazone groups is 1. The number of hydrogen-bond donors (Lipinski definition) is 2. The highest BCUT2D eigenvalue weighted by Gasteiger charge is 2.19. The predicted octanol–water partition coefficient (Wildman–Crippen LogP) is 3.19. The van der Waals surface area contributed by atoms with Gasteiger partial charge in [-0.3, -0.25) is 4.79 Å². The zero-order valence-corrected chi connectivity index (χ0v) is 12.7. The van der Waals surface area contributed by atoms with E-state index in [1.54, 1.807) is 31.2 Å². The quantitative estimate of drug-likeness (QED) is 0.845. The molecule has 0 unspecified atom stereocenters. The van der Waals surface area contributed by atoms with Gasteiger partial charge >= 0.3 is 5.97 Å². The molecule has 2 heterocycles. The summed E-state index contributed by atoms with van der Waals surface area (Å²) < 4.78 is 5.66. The molecule has 0 bridgehead atoms. The maximum atomic E-state index is 11.6. The van der Waals surface area contributed by atoms with Gasteiger partial charge in [0.05, 0.1) is 21.9 Å². The van der Waals surface area contributed by atoms with E-state index in [1.807, 2.05) is 0 Å². The van der Waals surface area contributed by atoms with Gasteiger partial charge < -0.3 is 9.52 Å². The first-order chi connectivity index (χ1) is 11.0. The average molecular weight is 331 g/mol. The molecule has 2 N–H and O–H groups in total. The van der Waals surface area contributed by atoms with Gasteiger partial charge in [0.2, 0.25) is 0 Å². The lowest BCUT2D eigenvalue weighted by Gasteiger charge is -2.02. The fourth-order valence-electron chi connectivity index (χ4n) is 2.16. The number of carboxylic acid groups (broad SMARTS) is 1. The van der Waals surface area contributed by atoms with Gasteiger partial charge in [-0.2, -0.15) is 5.10 Å². The van der Waals surface area contributed by atoms with Gasteiger partial charge in [0.1, 0.15) is 11.5 Å². The van der Waals surface area contributed by atoms with Gasteiger partial charge in [-0.25, -0.2) is 10.2 Å². The number of carboxylic acids is 1. The van der Waals surface area contributed by atoms with E-state index in [0.29, 0.717) is 28.4 Å². The third kappa shape index (κ3) is 2.89. The average Bonchev–Trinajstić information content (AvgIpc) is 3.10. The van der Waals surface area contributed by atoms with Crippen molar-refractivity contribution in [1.29, 1.82) is 0 Å². The number of carbonyl (C=O) groups excluding carboxylic acids is 1. The van der Waals surface area contributed by atoms with E-state index >= 15 is 0 Å². The van der Waals surface area contributed by atoms with Crippen molar-refractivity contribution in [3.63, 3.8) is 0 Å². The molecule has 1 amide bonds. The van der Waals surface area contributed by atoms with Crippen LogP contribution in [0.3, 0.4) is 0 Å². The summed E-state index contributed by atoms with van der Waals surface area (Å²) in [4.78, 5) is 22.7. The van der Waals surface area contributed by atoms with Crippen molar-refractivity contribution < 1.29 is 19.1 Å². The van der Waals surface area contributed by atoms with Crippen LogP contribution in [-0.4, -0.2) is 22.7 Å². The number of furan rings is 1. The molecule has 7 heteroatoms. The van der Waals surface area contributed by atoms with Crippen LogP contribution in [0.1, 0.15) is 23.0 Å². The largest absolute Gasteiger partial charge is 0.478 e. The SMILES string of the molecule is CC1=NNC(=O)/C1=C\c1ccc(-c2ccc(Cl)c(C(=O)O)c2)o1. The maximum Gasteiger partial charge on any atom is 0.337 e. The standard InChI is InChI=1S/C16H11ClN2O4/c1-8-11(15(20)19-18-8)7-10-3-5-14(23-10)9-2-4-13(17)12(6-9)16(21)22/h2-7H,1H3,(H,19,20)(H,21,22)/b11-7-. The first kappa shape index (κ1) is 15.1. The summed E-state index contributed by atoms with van der Waals surface area (Å²) in [7, 11) is 0. The first-order valence-electron chi connectivity index (χ1n) is 6.65. The highest BCUT2D eigenvalue weighted by Crippen LogP contribution is 2.28. The van der Waals surface area contributed by atoms with Crippen molar-refractivity contribution in [1.82, 2.24) is 5.43 Å². The second-order valence-electron chi connectivity index (χ2n) is 4.90. The van der Waals surface area contributed by atoms with E-state index in [-0.39, 0.29) is 16.5 Å². The van der Waals surface area contributed by atoms with Crippen molar-refractivity contribution in [2.75, 3.05) is 0 Å². The molecule has 3 rings (SSSR count). The summed E-state index contributed by atoms with van der Waals surface area (Å²) in [5.74, 6) is -0.460. The van der Waals surface area contributed by atoms with Gasteiger partial charge in [-0.1, -0.05) is 11.6 Å². The molecule has 0 radical (unpaired) electrons. The van der Waals surface area contributed by atoms with E-state index in [4.69, 9.17) is 21.1 Å². The summed E-state index contributed by atoms with van der Waals surface area (Å²) in [5, 5.41) is 13.1. The number of nitrogens with one attached hydrogen (secondary N) is 1. The van der Waals surface area contributed by atoms with Gasteiger partial charge in [0.15, 0.2) is 0 Å². The van der Waals surface area contributed by atoms with E-state index in [9.17, 15) is 9.59 Å². The summed E-state index contributed by atoms with van der Waals surface area (Å²) in [6.07, 6.45) is 1.58. The molecular formula is C16H11ClN2O4. The summed E-state index contributed by atoms with van der Waals surface area (Å²) in [6, 6.07) is 7.99. The van der Waals surface area contributed by atoms with Gasteiger partial charge in [0.25, 0.3) is 5.91 Å². The molecule has 0 aliphatic carbocycles. The number of nitrogens with zero attached hydrogens (tertiary/aromatic N) is 1. The molecule has 1 aliphatic heterocycles. The lowest BCUT2D eigenvalue weighted by atomic mass is 10.1. The minimum absolute atomic E-state index is 0.00128. The Morgan fingerprint density at radius 1 is 1.35 bits per heavy atom. The number of benzene rings is 1. The lowest BCUT2D eigenvalue weighted by Crippen LogP contribution is -2.12. The third-order valence-corrected chi connectivity index (χ3v) is 3.68. The fraction of sp³-hybridized carbons (Fsp3) is 0.0625. The fourth-order valence-corrected chi connectivity index (χ4v) is 2.36. The monoisotopic (exact) mass is 330 g/mol. The molecule has 0 spiro atoms. The minimum Gasteiger partial charge on any atom is -0.478 e. The zero-order valence-electron chi connectivity index (χ0n) is 12.0. The highest BCUT2D eigenvalue weighted by atomic mass is 35.5. The van der Waals surface area contributed by atoms with E-state index in [1.165, 1.54) is 12.1 Å². The highest BCUT2D eigenvalue weighted by molar-refractivity contribution is 6.33. The Kier molecular flexibility index (Phi) is 3.75. The summed E-state index contributed by atoms with van der Waals surface area (Å²) in [5.41, 5.74) is 3.94. The molecule has 0 saturated heterocycles. The van der Waals surface area contributed by atoms with Crippen molar-refractivity contribution >= 4 is 35.3 Å². The Balaban J connectivity index is 1.95. The normalized spacial score (nSPS) is 15.7. The van der Waals surface area contributed by atoms with Crippen LogP contribution in [0.5, 0.6) is 0 Å². The molecule has 116 valence electrons. The van der Waals surface area contributed by atoms with Crippen LogP contribution in [0, 0.1) is 0 Å². The second-order valence-corrected chi connectivity index (χ2v) is 5.31. The molecule has 1 aromatic carbocycles. The molecule has 0 atom stereocenters. The minimum atomic E-state index is -1.11. The van der Waals surface area contributed by atoms with Crippen molar-refractivity contribution in [2.24, 2.45) is 5.10 Å². The number of halogens is 1. The van der Waals surface area contributed by atoms with Crippen molar-refractivity contribution in [3.8, 4) is 11.3 Å². The Labute approximate surface area is 136 Å². The number of hydrogen-bond acceptors (Lipinski definition) is 4. The summed E-state index contributed by atoms with van der Waals surface area (Å²) >= 11 is 5.85. The Morgan fingerprint density at radius 2 is 2.13 bits per heavy atom. The third-order valence-electron chi connectivity index (χ3n) is 3.35. The number of amides is 1. The van der Waals surface area contributed by atoms with Crippen LogP contribution >= 0.6 is 11.6 Å². The first-order valence-corrected chi connectivity index (χ1v) is 7.03. The predicted molar refractivity (Wildman–Crippen MR) is 85.3 cm³/mol. The van der Waals surface area contributed by atoms with E-state index in [2.05, 4.69) is 10.5 Å². The second kappa shape index (κ2) is 5.73. The van der Waals surface area contributed by atoms with Crippen molar-refractivity contribution in [2.45, 2.75) is 6.92 Å². The Hall–Kier alpha value is -2.86. The smallest absolute Gasteiger partial charge is 0.337 e. The summed E-state index contributed by atoms with van der Waals surface area (Å²) in [6.45, 7) is 1.71. The number of rotatable bonds is 3. The van der Waals surface area contributed by atoms with Crippen LogP contribution in [-0.2, 0) is 4.79 Å². The molecule has 1 aliphatic rings. The molecule has 23 heavy (non-hydrogen) atoms. The molecule has 2 aromatic rings. The topological polar surface area (TPSA) is 91.9 Å². The van der Waals surface area contributed by atoms with Crippen LogP contribution in [0.25, 0.3) is 17.4 Å². The van der Waals surface area contributed by atoms with Gasteiger partial charge in [-0.15, -0.1) is 0 Å². The lowest BCUT2D eigenvalue weighted by molar-refractivity contribution is -0.116. The molecule has 0 saturated carbocycles. The molecular weight excluding hydrogens is 320 g/mol. The van der Waals surface area contributed by atoms with Gasteiger partial charge in [0, 0.05) is 5.56 Å². The number of carbonyl (C=O) groups is 2. The van der Waals surface area contributed by atoms with Crippen LogP contribution in [0.15, 0.2) is 45.4 Å². The van der Waals surface area contributed by atoms with E-state index in [0.717, 1.165) is 0 Å². The zero-order chi connectivity index (χ0) is 16.6. The number of aromatic carboxylic acids is 1. The Morgan fingerprint density at radius 3 is 2.78 bits per heavy atom. The van der Waals surface area contributed by atoms with Gasteiger partial charge in [-0.05, 0) is 43.3 Å². The molecule has 1 aromatic heterocycles. The van der Waals surface area contributed by atoms with E-state index < -0.39 is 5.97 Å². The maximum absolute atomic E-state index is 11.6. The van der Waals surface area contributed by atoms with Crippen LogP contribution in [0.2, 0.25) is 5.02 Å². The van der Waals surface area contributed by atoms with Crippen molar-refractivity contribution in [3.05, 3.63) is 52.3 Å².